The Morgan fingerprint density at radius 1 is 1.23 bits per heavy atom. The maximum atomic E-state index is 12.3. The molecule has 1 N–H and O–H groups in total. The molecule has 3 heterocycles. The number of anilines is 1. The molecule has 4 rings (SSSR count). The largest absolute Gasteiger partial charge is 0.444 e. The minimum atomic E-state index is -0.487. The van der Waals surface area contributed by atoms with Crippen LogP contribution in [0.15, 0.2) is 24.7 Å². The van der Waals surface area contributed by atoms with Gasteiger partial charge in [-0.2, -0.15) is 5.10 Å². The molecule has 2 aromatic rings. The molecule has 0 spiro atoms. The number of hydrogen-bond donors (Lipinski definition) is 1. The summed E-state index contributed by atoms with van der Waals surface area (Å²) in [7, 11) is 0. The number of carbonyl (C=O) groups excluding carboxylic acids is 1. The van der Waals surface area contributed by atoms with Crippen LogP contribution in [0, 0.1) is 5.92 Å². The number of rotatable bonds is 4. The van der Waals surface area contributed by atoms with Crippen LogP contribution in [0.25, 0.3) is 11.4 Å². The number of ether oxygens (including phenoxy) is 1. The number of amides is 1. The van der Waals surface area contributed by atoms with Crippen LogP contribution in [-0.4, -0.2) is 74.2 Å². The summed E-state index contributed by atoms with van der Waals surface area (Å²) in [4.78, 5) is 25.3. The molecule has 30 heavy (non-hydrogen) atoms. The van der Waals surface area contributed by atoms with Crippen molar-refractivity contribution in [1.29, 1.82) is 0 Å². The lowest BCUT2D eigenvalue weighted by Crippen LogP contribution is -2.50. The van der Waals surface area contributed by atoms with E-state index in [1.165, 1.54) is 0 Å². The predicted octanol–water partition coefficient (Wildman–Crippen LogP) is 2.34. The molecule has 162 valence electrons. The summed E-state index contributed by atoms with van der Waals surface area (Å²) in [5, 5.41) is 13.7. The van der Waals surface area contributed by atoms with E-state index in [0.717, 1.165) is 24.2 Å². The fraction of sp³-hybridized carbons (Fsp3) is 0.619. The zero-order chi connectivity index (χ0) is 21.3. The molecule has 1 saturated heterocycles. The number of aliphatic hydroxyl groups excluding tert-OH is 1. The highest BCUT2D eigenvalue weighted by atomic mass is 16.6. The fourth-order valence-electron chi connectivity index (χ4n) is 3.83. The molecule has 9 heteroatoms. The molecular formula is C21H30N6O3. The zero-order valence-corrected chi connectivity index (χ0v) is 17.9. The molecule has 0 radical (unpaired) electrons. The first-order valence-electron chi connectivity index (χ1n) is 10.5. The van der Waals surface area contributed by atoms with Gasteiger partial charge in [-0.15, -0.1) is 0 Å². The molecule has 2 aliphatic rings. The first-order chi connectivity index (χ1) is 14.3. The molecule has 0 bridgehead atoms. The quantitative estimate of drug-likeness (QED) is 0.820. The molecule has 1 aliphatic heterocycles. The Morgan fingerprint density at radius 3 is 2.63 bits per heavy atom. The van der Waals surface area contributed by atoms with Crippen molar-refractivity contribution >= 4 is 11.9 Å². The summed E-state index contributed by atoms with van der Waals surface area (Å²) in [5.74, 6) is 1.88. The second-order valence-corrected chi connectivity index (χ2v) is 9.08. The van der Waals surface area contributed by atoms with Crippen molar-refractivity contribution in [2.45, 2.75) is 45.3 Å². The van der Waals surface area contributed by atoms with Crippen molar-refractivity contribution in [3.05, 3.63) is 24.7 Å². The van der Waals surface area contributed by atoms with Crippen LogP contribution in [0.3, 0.4) is 0 Å². The second kappa shape index (κ2) is 8.22. The Hall–Kier alpha value is -2.68. The highest BCUT2D eigenvalue weighted by molar-refractivity contribution is 5.68. The summed E-state index contributed by atoms with van der Waals surface area (Å²) in [6, 6.07) is 2.24. The normalized spacial score (nSPS) is 22.0. The third-order valence-electron chi connectivity index (χ3n) is 5.60. The maximum Gasteiger partial charge on any atom is 0.410 e. The van der Waals surface area contributed by atoms with Crippen LogP contribution < -0.4 is 4.90 Å². The number of aromatic nitrogens is 4. The minimum absolute atomic E-state index is 0.247. The first kappa shape index (κ1) is 20.6. The van der Waals surface area contributed by atoms with Gasteiger partial charge < -0.3 is 19.6 Å². The van der Waals surface area contributed by atoms with E-state index in [0.29, 0.717) is 44.0 Å². The zero-order valence-electron chi connectivity index (χ0n) is 17.9. The molecule has 9 nitrogen and oxygen atoms in total. The fourth-order valence-corrected chi connectivity index (χ4v) is 3.83. The number of piperazine rings is 1. The maximum absolute atomic E-state index is 12.3. The first-order valence-corrected chi connectivity index (χ1v) is 10.5. The van der Waals surface area contributed by atoms with Crippen molar-refractivity contribution in [3.8, 4) is 11.4 Å². The van der Waals surface area contributed by atoms with E-state index in [9.17, 15) is 9.90 Å². The molecule has 0 atom stereocenters. The van der Waals surface area contributed by atoms with Crippen LogP contribution in [0.1, 0.15) is 39.7 Å². The number of nitrogens with zero attached hydrogens (tertiary/aromatic N) is 6. The van der Waals surface area contributed by atoms with Gasteiger partial charge in [0, 0.05) is 45.2 Å². The van der Waals surface area contributed by atoms with Crippen molar-refractivity contribution in [1.82, 2.24) is 24.6 Å². The third kappa shape index (κ3) is 4.56. The van der Waals surface area contributed by atoms with Crippen molar-refractivity contribution in [2.24, 2.45) is 5.92 Å². The Labute approximate surface area is 176 Å². The van der Waals surface area contributed by atoms with Crippen LogP contribution in [0.4, 0.5) is 10.6 Å². The highest BCUT2D eigenvalue weighted by Crippen LogP contribution is 2.37. The molecule has 2 aromatic heterocycles. The van der Waals surface area contributed by atoms with Gasteiger partial charge in [0.05, 0.1) is 17.8 Å². The van der Waals surface area contributed by atoms with Crippen LogP contribution in [-0.2, 0) is 4.74 Å². The molecule has 2 fully saturated rings. The number of carbonyl (C=O) groups is 1. The lowest BCUT2D eigenvalue weighted by atomic mass is 9.81. The van der Waals surface area contributed by atoms with E-state index < -0.39 is 5.60 Å². The van der Waals surface area contributed by atoms with Crippen LogP contribution >= 0.6 is 0 Å². The van der Waals surface area contributed by atoms with Gasteiger partial charge in [0.2, 0.25) is 0 Å². The Balaban J connectivity index is 1.38. The minimum Gasteiger partial charge on any atom is -0.444 e. The topological polar surface area (TPSA) is 96.6 Å². The summed E-state index contributed by atoms with van der Waals surface area (Å²) >= 11 is 0. The van der Waals surface area contributed by atoms with E-state index in [2.05, 4.69) is 15.0 Å². The number of hydrogen-bond acceptors (Lipinski definition) is 7. The van der Waals surface area contributed by atoms with Crippen molar-refractivity contribution < 1.29 is 14.6 Å². The Bertz CT molecular complexity index is 879. The van der Waals surface area contributed by atoms with Gasteiger partial charge in [-0.1, -0.05) is 0 Å². The molecule has 0 aromatic carbocycles. The van der Waals surface area contributed by atoms with Gasteiger partial charge >= 0.3 is 6.09 Å². The lowest BCUT2D eigenvalue weighted by Gasteiger charge is -2.36. The Kier molecular flexibility index (Phi) is 5.64. The molecule has 1 amide bonds. The summed E-state index contributed by atoms with van der Waals surface area (Å²) in [6.07, 6.45) is 7.20. The van der Waals surface area contributed by atoms with Gasteiger partial charge in [0.1, 0.15) is 11.4 Å². The van der Waals surface area contributed by atoms with Gasteiger partial charge in [0.15, 0.2) is 5.82 Å². The Morgan fingerprint density at radius 2 is 1.97 bits per heavy atom. The van der Waals surface area contributed by atoms with E-state index in [-0.39, 0.29) is 12.7 Å². The van der Waals surface area contributed by atoms with Crippen molar-refractivity contribution in [2.75, 3.05) is 37.7 Å². The summed E-state index contributed by atoms with van der Waals surface area (Å²) < 4.78 is 7.42. The lowest BCUT2D eigenvalue weighted by molar-refractivity contribution is 0.0240. The SMILES string of the molecule is CC(C)(C)OC(=O)N1CCN(c2ccnc(-c3cnn(C4CC(CO)C4)c3)n2)CC1. The van der Waals surface area contributed by atoms with Crippen LogP contribution in [0.2, 0.25) is 0 Å². The van der Waals surface area contributed by atoms with E-state index >= 15 is 0 Å². The molecule has 1 aliphatic carbocycles. The van der Waals surface area contributed by atoms with Gasteiger partial charge in [-0.25, -0.2) is 14.8 Å². The van der Waals surface area contributed by atoms with Crippen LogP contribution in [0.5, 0.6) is 0 Å². The number of aliphatic hydroxyl groups is 1. The standard InChI is InChI=1S/C21H30N6O3/c1-21(2,3)30-20(29)26-8-6-25(7-9-26)18-4-5-22-19(24-18)16-12-23-27(13-16)17-10-15(11-17)14-28/h4-5,12-13,15,17,28H,6-11,14H2,1-3H3. The average molecular weight is 415 g/mol. The smallest absolute Gasteiger partial charge is 0.410 e. The van der Waals surface area contributed by atoms with E-state index in [1.807, 2.05) is 37.7 Å². The van der Waals surface area contributed by atoms with Gasteiger partial charge in [-0.05, 0) is 45.6 Å². The van der Waals surface area contributed by atoms with E-state index in [4.69, 9.17) is 9.72 Å². The van der Waals surface area contributed by atoms with Gasteiger partial charge in [-0.3, -0.25) is 4.68 Å². The molecular weight excluding hydrogens is 384 g/mol. The van der Waals surface area contributed by atoms with Crippen molar-refractivity contribution in [3.63, 3.8) is 0 Å². The predicted molar refractivity (Wildman–Crippen MR) is 112 cm³/mol. The highest BCUT2D eigenvalue weighted by Gasteiger charge is 2.30. The van der Waals surface area contributed by atoms with Gasteiger partial charge in [0.25, 0.3) is 0 Å². The monoisotopic (exact) mass is 414 g/mol. The second-order valence-electron chi connectivity index (χ2n) is 9.08. The average Bonchev–Trinajstić information content (AvgIpc) is 3.16. The molecule has 0 unspecified atom stereocenters. The summed E-state index contributed by atoms with van der Waals surface area (Å²) in [5.41, 5.74) is 0.398. The third-order valence-corrected chi connectivity index (χ3v) is 5.60. The summed E-state index contributed by atoms with van der Waals surface area (Å²) in [6.45, 7) is 8.46. The molecule has 1 saturated carbocycles. The van der Waals surface area contributed by atoms with E-state index in [1.54, 1.807) is 17.3 Å².